The SMILES string of the molecule is Nc1c(C(=O)Nc2ccsc2)sc2cccc(Br)c12. The van der Waals surface area contributed by atoms with E-state index in [0.29, 0.717) is 10.6 Å². The molecule has 3 N–H and O–H groups in total. The van der Waals surface area contributed by atoms with Crippen molar-refractivity contribution in [2.45, 2.75) is 0 Å². The molecule has 0 aliphatic carbocycles. The number of hydrogen-bond donors (Lipinski definition) is 2. The molecule has 3 aromatic rings. The summed E-state index contributed by atoms with van der Waals surface area (Å²) in [6, 6.07) is 7.68. The average Bonchev–Trinajstić information content (AvgIpc) is 2.98. The topological polar surface area (TPSA) is 55.1 Å². The zero-order chi connectivity index (χ0) is 13.4. The van der Waals surface area contributed by atoms with Crippen LogP contribution >= 0.6 is 38.6 Å². The molecule has 0 atom stereocenters. The van der Waals surface area contributed by atoms with Crippen LogP contribution in [0.2, 0.25) is 0 Å². The third kappa shape index (κ3) is 2.27. The molecule has 3 rings (SSSR count). The maximum Gasteiger partial charge on any atom is 0.267 e. The molecule has 0 aliphatic heterocycles. The van der Waals surface area contributed by atoms with E-state index in [1.807, 2.05) is 35.0 Å². The molecule has 0 radical (unpaired) electrons. The molecule has 0 saturated carbocycles. The average molecular weight is 353 g/mol. The van der Waals surface area contributed by atoms with Gasteiger partial charge in [-0.2, -0.15) is 11.3 Å². The molecule has 1 amide bonds. The maximum absolute atomic E-state index is 12.2. The highest BCUT2D eigenvalue weighted by Gasteiger charge is 2.18. The van der Waals surface area contributed by atoms with Crippen molar-refractivity contribution in [2.24, 2.45) is 0 Å². The van der Waals surface area contributed by atoms with E-state index < -0.39 is 0 Å². The van der Waals surface area contributed by atoms with Gasteiger partial charge in [0.25, 0.3) is 5.91 Å². The molecular weight excluding hydrogens is 344 g/mol. The number of rotatable bonds is 2. The molecule has 0 saturated heterocycles. The molecule has 2 heterocycles. The number of fused-ring (bicyclic) bond motifs is 1. The Kier molecular flexibility index (Phi) is 3.30. The summed E-state index contributed by atoms with van der Waals surface area (Å²) < 4.78 is 1.91. The number of benzene rings is 1. The molecule has 0 fully saturated rings. The standard InChI is InChI=1S/C13H9BrN2OS2/c14-8-2-1-3-9-10(8)11(15)12(19-9)13(17)16-7-4-5-18-6-7/h1-6H,15H2,(H,16,17). The highest BCUT2D eigenvalue weighted by Crippen LogP contribution is 2.38. The number of anilines is 2. The van der Waals surface area contributed by atoms with Crippen molar-refractivity contribution in [3.63, 3.8) is 0 Å². The van der Waals surface area contributed by atoms with Crippen LogP contribution in [0.15, 0.2) is 39.5 Å². The van der Waals surface area contributed by atoms with Crippen LogP contribution in [0.1, 0.15) is 9.67 Å². The second-order valence-electron chi connectivity index (χ2n) is 3.92. The molecular formula is C13H9BrN2OS2. The van der Waals surface area contributed by atoms with Crippen molar-refractivity contribution < 1.29 is 4.79 Å². The lowest BCUT2D eigenvalue weighted by atomic mass is 10.2. The van der Waals surface area contributed by atoms with Gasteiger partial charge >= 0.3 is 0 Å². The van der Waals surface area contributed by atoms with Gasteiger partial charge in [-0.15, -0.1) is 11.3 Å². The molecule has 0 bridgehead atoms. The van der Waals surface area contributed by atoms with Gasteiger partial charge in [-0.1, -0.05) is 22.0 Å². The van der Waals surface area contributed by atoms with Crippen molar-refractivity contribution in [3.8, 4) is 0 Å². The van der Waals surface area contributed by atoms with Crippen LogP contribution < -0.4 is 11.1 Å². The van der Waals surface area contributed by atoms with E-state index in [4.69, 9.17) is 5.73 Å². The number of carbonyl (C=O) groups is 1. The van der Waals surface area contributed by atoms with Crippen LogP contribution in [0.3, 0.4) is 0 Å². The number of halogens is 1. The Morgan fingerprint density at radius 1 is 1.32 bits per heavy atom. The number of nitrogens with one attached hydrogen (secondary N) is 1. The Bertz CT molecular complexity index is 749. The van der Waals surface area contributed by atoms with Crippen LogP contribution in [0.25, 0.3) is 10.1 Å². The minimum Gasteiger partial charge on any atom is -0.397 e. The van der Waals surface area contributed by atoms with E-state index in [-0.39, 0.29) is 5.91 Å². The predicted octanol–water partition coefficient (Wildman–Crippen LogP) is 4.56. The minimum atomic E-state index is -0.163. The van der Waals surface area contributed by atoms with Gasteiger partial charge in [-0.05, 0) is 23.6 Å². The van der Waals surface area contributed by atoms with E-state index in [0.717, 1.165) is 20.2 Å². The van der Waals surface area contributed by atoms with Gasteiger partial charge in [-0.3, -0.25) is 4.79 Å². The smallest absolute Gasteiger partial charge is 0.267 e. The fraction of sp³-hybridized carbons (Fsp3) is 0. The molecule has 3 nitrogen and oxygen atoms in total. The van der Waals surface area contributed by atoms with Crippen LogP contribution in [0.5, 0.6) is 0 Å². The Morgan fingerprint density at radius 2 is 2.16 bits per heavy atom. The number of nitrogen functional groups attached to an aromatic ring is 1. The van der Waals surface area contributed by atoms with Gasteiger partial charge in [0.15, 0.2) is 0 Å². The summed E-state index contributed by atoms with van der Waals surface area (Å²) in [7, 11) is 0. The summed E-state index contributed by atoms with van der Waals surface area (Å²) in [6.07, 6.45) is 0. The van der Waals surface area contributed by atoms with Crippen molar-refractivity contribution in [3.05, 3.63) is 44.4 Å². The molecule has 0 spiro atoms. The monoisotopic (exact) mass is 352 g/mol. The molecule has 0 aliphatic rings. The number of carbonyl (C=O) groups excluding carboxylic acids is 1. The lowest BCUT2D eigenvalue weighted by Gasteiger charge is -2.01. The first-order valence-corrected chi connectivity index (χ1v) is 8.02. The quantitative estimate of drug-likeness (QED) is 0.710. The van der Waals surface area contributed by atoms with Crippen molar-refractivity contribution >= 4 is 66.0 Å². The Morgan fingerprint density at radius 3 is 2.84 bits per heavy atom. The van der Waals surface area contributed by atoms with Crippen LogP contribution in [-0.4, -0.2) is 5.91 Å². The number of thiophene rings is 2. The molecule has 1 aromatic carbocycles. The van der Waals surface area contributed by atoms with Gasteiger partial charge in [-0.25, -0.2) is 0 Å². The van der Waals surface area contributed by atoms with Crippen LogP contribution in [-0.2, 0) is 0 Å². The predicted molar refractivity (Wildman–Crippen MR) is 86.2 cm³/mol. The van der Waals surface area contributed by atoms with E-state index in [1.54, 1.807) is 0 Å². The first kappa shape index (κ1) is 12.7. The Labute approximate surface area is 126 Å². The molecule has 0 unspecified atom stereocenters. The first-order chi connectivity index (χ1) is 9.16. The second kappa shape index (κ2) is 4.96. The molecule has 6 heteroatoms. The fourth-order valence-corrected chi connectivity index (χ4v) is 4.16. The van der Waals surface area contributed by atoms with Crippen molar-refractivity contribution in [1.82, 2.24) is 0 Å². The van der Waals surface area contributed by atoms with Gasteiger partial charge in [0.1, 0.15) is 4.88 Å². The van der Waals surface area contributed by atoms with E-state index in [1.165, 1.54) is 22.7 Å². The summed E-state index contributed by atoms with van der Waals surface area (Å²) in [5, 5.41) is 7.55. The van der Waals surface area contributed by atoms with Crippen molar-refractivity contribution in [1.29, 1.82) is 0 Å². The van der Waals surface area contributed by atoms with Crippen molar-refractivity contribution in [2.75, 3.05) is 11.1 Å². The molecule has 19 heavy (non-hydrogen) atoms. The summed E-state index contributed by atoms with van der Waals surface area (Å²) >= 11 is 6.41. The summed E-state index contributed by atoms with van der Waals surface area (Å²) in [5.74, 6) is -0.163. The summed E-state index contributed by atoms with van der Waals surface area (Å²) in [4.78, 5) is 12.8. The normalized spacial score (nSPS) is 10.8. The summed E-state index contributed by atoms with van der Waals surface area (Å²) in [5.41, 5.74) is 7.42. The lowest BCUT2D eigenvalue weighted by molar-refractivity contribution is 0.103. The maximum atomic E-state index is 12.2. The first-order valence-electron chi connectivity index (χ1n) is 5.47. The van der Waals surface area contributed by atoms with E-state index in [9.17, 15) is 4.79 Å². The Balaban J connectivity index is 2.03. The lowest BCUT2D eigenvalue weighted by Crippen LogP contribution is -2.11. The van der Waals surface area contributed by atoms with E-state index >= 15 is 0 Å². The second-order valence-corrected chi connectivity index (χ2v) is 6.61. The third-order valence-corrected chi connectivity index (χ3v) is 5.20. The minimum absolute atomic E-state index is 0.163. The van der Waals surface area contributed by atoms with Gasteiger partial charge in [0.2, 0.25) is 0 Å². The van der Waals surface area contributed by atoms with E-state index in [2.05, 4.69) is 21.2 Å². The number of hydrogen-bond acceptors (Lipinski definition) is 4. The van der Waals surface area contributed by atoms with Gasteiger partial charge in [0, 0.05) is 19.9 Å². The van der Waals surface area contributed by atoms with Gasteiger partial charge < -0.3 is 11.1 Å². The van der Waals surface area contributed by atoms with Crippen LogP contribution in [0, 0.1) is 0 Å². The Hall–Kier alpha value is -1.37. The molecule has 96 valence electrons. The van der Waals surface area contributed by atoms with Crippen LogP contribution in [0.4, 0.5) is 11.4 Å². The van der Waals surface area contributed by atoms with Gasteiger partial charge in [0.05, 0.1) is 11.4 Å². The highest BCUT2D eigenvalue weighted by atomic mass is 79.9. The summed E-state index contributed by atoms with van der Waals surface area (Å²) in [6.45, 7) is 0. The molecule has 2 aromatic heterocycles. The highest BCUT2D eigenvalue weighted by molar-refractivity contribution is 9.10. The zero-order valence-electron chi connectivity index (χ0n) is 9.64. The zero-order valence-corrected chi connectivity index (χ0v) is 12.9. The number of amides is 1. The fourth-order valence-electron chi connectivity index (χ4n) is 1.82. The largest absolute Gasteiger partial charge is 0.397 e. The number of nitrogens with two attached hydrogens (primary N) is 1. The third-order valence-electron chi connectivity index (χ3n) is 2.69.